The number of halogens is 1. The summed E-state index contributed by atoms with van der Waals surface area (Å²) in [4.78, 5) is 12.1. The second-order valence-corrected chi connectivity index (χ2v) is 9.55. The van der Waals surface area contributed by atoms with Crippen LogP contribution in [0.2, 0.25) is 5.02 Å². The molecule has 1 aliphatic carbocycles. The summed E-state index contributed by atoms with van der Waals surface area (Å²) in [7, 11) is -3.42. The molecule has 1 atom stereocenters. The average Bonchev–Trinajstić information content (AvgIpc) is 3.25. The van der Waals surface area contributed by atoms with Crippen molar-refractivity contribution in [2.24, 2.45) is 0 Å². The molecule has 1 aromatic carbocycles. The van der Waals surface area contributed by atoms with Crippen LogP contribution < -0.4 is 5.32 Å². The molecule has 1 aliphatic rings. The van der Waals surface area contributed by atoms with Gasteiger partial charge < -0.3 is 5.32 Å². The van der Waals surface area contributed by atoms with Gasteiger partial charge in [0.15, 0.2) is 9.84 Å². The van der Waals surface area contributed by atoms with Crippen molar-refractivity contribution in [3.63, 3.8) is 0 Å². The quantitative estimate of drug-likeness (QED) is 0.863. The van der Waals surface area contributed by atoms with Gasteiger partial charge in [0.1, 0.15) is 5.25 Å². The first-order valence-electron chi connectivity index (χ1n) is 7.45. The number of rotatable bonds is 6. The highest BCUT2D eigenvalue weighted by atomic mass is 35.5. The van der Waals surface area contributed by atoms with E-state index >= 15 is 0 Å². The van der Waals surface area contributed by atoms with Gasteiger partial charge in [0.25, 0.3) is 0 Å². The van der Waals surface area contributed by atoms with Crippen LogP contribution >= 0.6 is 11.6 Å². The van der Waals surface area contributed by atoms with Crippen molar-refractivity contribution < 1.29 is 13.2 Å². The van der Waals surface area contributed by atoms with Gasteiger partial charge in [0, 0.05) is 17.0 Å². The Labute approximate surface area is 137 Å². The lowest BCUT2D eigenvalue weighted by Crippen LogP contribution is -2.43. The van der Waals surface area contributed by atoms with Gasteiger partial charge in [-0.1, -0.05) is 23.7 Å². The molecule has 0 radical (unpaired) electrons. The minimum Gasteiger partial charge on any atom is -0.354 e. The third-order valence-electron chi connectivity index (χ3n) is 4.43. The molecule has 0 heterocycles. The van der Waals surface area contributed by atoms with Crippen LogP contribution in [0.3, 0.4) is 0 Å². The predicted molar refractivity (Wildman–Crippen MR) is 88.9 cm³/mol. The van der Waals surface area contributed by atoms with E-state index in [9.17, 15) is 13.2 Å². The highest BCUT2D eigenvalue weighted by Gasteiger charge is 2.45. The highest BCUT2D eigenvalue weighted by molar-refractivity contribution is 7.93. The van der Waals surface area contributed by atoms with Crippen LogP contribution in [0.25, 0.3) is 0 Å². The van der Waals surface area contributed by atoms with E-state index in [1.807, 2.05) is 24.3 Å². The maximum absolute atomic E-state index is 12.1. The molecule has 1 amide bonds. The number of carbonyl (C=O) groups is 1. The molecule has 1 aromatic rings. The maximum atomic E-state index is 12.1. The van der Waals surface area contributed by atoms with Gasteiger partial charge in [-0.25, -0.2) is 8.42 Å². The third kappa shape index (κ3) is 3.46. The zero-order valence-corrected chi connectivity index (χ0v) is 14.7. The molecule has 22 heavy (non-hydrogen) atoms. The monoisotopic (exact) mass is 343 g/mol. The Morgan fingerprint density at radius 3 is 2.23 bits per heavy atom. The molecule has 1 N–H and O–H groups in total. The van der Waals surface area contributed by atoms with E-state index in [1.165, 1.54) is 6.92 Å². The molecule has 0 aromatic heterocycles. The highest BCUT2D eigenvalue weighted by Crippen LogP contribution is 2.47. The summed E-state index contributed by atoms with van der Waals surface area (Å²) >= 11 is 5.89. The van der Waals surface area contributed by atoms with Gasteiger partial charge in [0.05, 0.1) is 5.25 Å². The number of hydrogen-bond acceptors (Lipinski definition) is 3. The first kappa shape index (κ1) is 17.3. The second kappa shape index (κ2) is 6.20. The predicted octanol–water partition coefficient (Wildman–Crippen LogP) is 2.70. The van der Waals surface area contributed by atoms with Gasteiger partial charge >= 0.3 is 0 Å². The summed E-state index contributed by atoms with van der Waals surface area (Å²) < 4.78 is 24.1. The van der Waals surface area contributed by atoms with E-state index in [1.54, 1.807) is 13.8 Å². The Bertz CT molecular complexity index is 648. The van der Waals surface area contributed by atoms with E-state index in [2.05, 4.69) is 5.32 Å². The lowest BCUT2D eigenvalue weighted by Gasteiger charge is -2.20. The smallest absolute Gasteiger partial charge is 0.238 e. The van der Waals surface area contributed by atoms with Gasteiger partial charge in [-0.2, -0.15) is 0 Å². The molecule has 1 saturated carbocycles. The van der Waals surface area contributed by atoms with Crippen LogP contribution in [0.15, 0.2) is 24.3 Å². The van der Waals surface area contributed by atoms with Gasteiger partial charge in [-0.05, 0) is 51.3 Å². The van der Waals surface area contributed by atoms with Crippen LogP contribution in [0, 0.1) is 0 Å². The molecular weight excluding hydrogens is 322 g/mol. The van der Waals surface area contributed by atoms with Crippen molar-refractivity contribution in [2.75, 3.05) is 6.54 Å². The lowest BCUT2D eigenvalue weighted by atomic mass is 9.96. The van der Waals surface area contributed by atoms with Gasteiger partial charge in [-0.3, -0.25) is 4.79 Å². The number of sulfone groups is 1. The second-order valence-electron chi connectivity index (χ2n) is 6.29. The summed E-state index contributed by atoms with van der Waals surface area (Å²) in [6.45, 7) is 5.10. The minimum atomic E-state index is -3.42. The normalized spacial score (nSPS) is 18.0. The summed E-state index contributed by atoms with van der Waals surface area (Å²) in [6.07, 6.45) is 1.97. The fraction of sp³-hybridized carbons (Fsp3) is 0.562. The molecule has 6 heteroatoms. The van der Waals surface area contributed by atoms with E-state index in [-0.39, 0.29) is 5.41 Å². The standard InChI is InChI=1S/C16H22ClNO3S/c1-11(2)22(20,21)12(3)15(19)18-10-16(8-9-16)13-4-6-14(17)7-5-13/h4-7,11-12H,8-10H2,1-3H3,(H,18,19). The molecule has 4 nitrogen and oxygen atoms in total. The Kier molecular flexibility index (Phi) is 4.87. The van der Waals surface area contributed by atoms with E-state index in [4.69, 9.17) is 11.6 Å². The molecule has 0 bridgehead atoms. The zero-order chi connectivity index (χ0) is 16.5. The molecule has 1 unspecified atom stereocenters. The Morgan fingerprint density at radius 2 is 1.77 bits per heavy atom. The molecule has 1 fully saturated rings. The maximum Gasteiger partial charge on any atom is 0.238 e. The van der Waals surface area contributed by atoms with E-state index in [0.717, 1.165) is 18.4 Å². The first-order chi connectivity index (χ1) is 10.2. The van der Waals surface area contributed by atoms with Crippen molar-refractivity contribution in [3.8, 4) is 0 Å². The SMILES string of the molecule is CC(C)S(=O)(=O)C(C)C(=O)NCC1(c2ccc(Cl)cc2)CC1. The van der Waals surface area contributed by atoms with Crippen LogP contribution in [0.5, 0.6) is 0 Å². The molecule has 122 valence electrons. The fourth-order valence-electron chi connectivity index (χ4n) is 2.48. The van der Waals surface area contributed by atoms with Crippen molar-refractivity contribution in [2.45, 2.75) is 49.5 Å². The molecule has 0 aliphatic heterocycles. The van der Waals surface area contributed by atoms with Crippen molar-refractivity contribution in [1.82, 2.24) is 5.32 Å². The largest absolute Gasteiger partial charge is 0.354 e. The first-order valence-corrected chi connectivity index (χ1v) is 9.44. The van der Waals surface area contributed by atoms with E-state index < -0.39 is 26.2 Å². The summed E-state index contributed by atoms with van der Waals surface area (Å²) in [5.41, 5.74) is 1.07. The fourth-order valence-corrected chi connectivity index (χ4v) is 3.80. The Hall–Kier alpha value is -1.07. The summed E-state index contributed by atoms with van der Waals surface area (Å²) in [6, 6.07) is 7.61. The topological polar surface area (TPSA) is 63.2 Å². The molecule has 0 saturated heterocycles. The van der Waals surface area contributed by atoms with Crippen LogP contribution in [-0.2, 0) is 20.0 Å². The number of carbonyl (C=O) groups excluding carboxylic acids is 1. The van der Waals surface area contributed by atoms with Gasteiger partial charge in [-0.15, -0.1) is 0 Å². The number of hydrogen-bond donors (Lipinski definition) is 1. The Morgan fingerprint density at radius 1 is 1.23 bits per heavy atom. The number of amides is 1. The number of benzene rings is 1. The zero-order valence-electron chi connectivity index (χ0n) is 13.1. The summed E-state index contributed by atoms with van der Waals surface area (Å²) in [5.74, 6) is -0.422. The Balaban J connectivity index is 2.01. The molecule has 0 spiro atoms. The minimum absolute atomic E-state index is 0.0679. The lowest BCUT2D eigenvalue weighted by molar-refractivity contribution is -0.120. The van der Waals surface area contributed by atoms with Crippen LogP contribution in [0.4, 0.5) is 0 Å². The van der Waals surface area contributed by atoms with Crippen LogP contribution in [-0.4, -0.2) is 31.4 Å². The number of nitrogens with one attached hydrogen (secondary N) is 1. The van der Waals surface area contributed by atoms with Crippen LogP contribution in [0.1, 0.15) is 39.2 Å². The average molecular weight is 344 g/mol. The van der Waals surface area contributed by atoms with Crippen molar-refractivity contribution >= 4 is 27.3 Å². The van der Waals surface area contributed by atoms with Crippen molar-refractivity contribution in [1.29, 1.82) is 0 Å². The molecular formula is C16H22ClNO3S. The van der Waals surface area contributed by atoms with Crippen molar-refractivity contribution in [3.05, 3.63) is 34.9 Å². The van der Waals surface area contributed by atoms with Gasteiger partial charge in [0.2, 0.25) is 5.91 Å². The summed E-state index contributed by atoms with van der Waals surface area (Å²) in [5, 5.41) is 1.91. The third-order valence-corrected chi connectivity index (χ3v) is 7.20. The molecule has 2 rings (SSSR count). The van der Waals surface area contributed by atoms with E-state index in [0.29, 0.717) is 11.6 Å².